The molecule has 0 bridgehead atoms. The zero-order valence-corrected chi connectivity index (χ0v) is 16.6. The highest BCUT2D eigenvalue weighted by molar-refractivity contribution is 6.49. The van der Waals surface area contributed by atoms with Crippen molar-refractivity contribution in [3.8, 4) is 5.88 Å². The normalized spacial score (nSPS) is 17.0. The Morgan fingerprint density at radius 2 is 2.07 bits per heavy atom. The van der Waals surface area contributed by atoms with E-state index in [0.717, 1.165) is 16.5 Å². The van der Waals surface area contributed by atoms with Gasteiger partial charge < -0.3 is 15.0 Å². The van der Waals surface area contributed by atoms with Gasteiger partial charge in [-0.1, -0.05) is 17.7 Å². The van der Waals surface area contributed by atoms with Crippen LogP contribution in [0, 0.1) is 0 Å². The van der Waals surface area contributed by atoms with Gasteiger partial charge in [0.1, 0.15) is 18.2 Å². The van der Waals surface area contributed by atoms with Crippen LogP contribution in [0.3, 0.4) is 0 Å². The Morgan fingerprint density at radius 1 is 1.33 bits per heavy atom. The predicted octanol–water partition coefficient (Wildman–Crippen LogP) is 2.43. The van der Waals surface area contributed by atoms with Crippen LogP contribution < -0.4 is 10.5 Å². The highest BCUT2D eigenvalue weighted by Gasteiger charge is 2.23. The maximum Gasteiger partial charge on any atom is 0.260 e. The van der Waals surface area contributed by atoms with Crippen molar-refractivity contribution >= 4 is 34.3 Å². The van der Waals surface area contributed by atoms with Crippen LogP contribution in [0.1, 0.15) is 6.92 Å². The first-order chi connectivity index (χ1) is 12.7. The second-order valence-electron chi connectivity index (χ2n) is 7.43. The lowest BCUT2D eigenvalue weighted by Gasteiger charge is -2.23. The maximum absolute atomic E-state index is 12.0. The average molecular weight is 389 g/mol. The minimum Gasteiger partial charge on any atom is -0.469 e. The van der Waals surface area contributed by atoms with Crippen LogP contribution in [0.2, 0.25) is 0 Å². The number of nitrogens with two attached hydrogens (primary N) is 1. The van der Waals surface area contributed by atoms with Gasteiger partial charge in [-0.2, -0.15) is 0 Å². The summed E-state index contributed by atoms with van der Waals surface area (Å²) in [5.74, 6) is 0.126. The van der Waals surface area contributed by atoms with Gasteiger partial charge in [0.05, 0.1) is 38.1 Å². The van der Waals surface area contributed by atoms with Crippen molar-refractivity contribution in [2.75, 3.05) is 34.3 Å². The first kappa shape index (κ1) is 19.1. The first-order valence-corrected chi connectivity index (χ1v) is 8.93. The molecule has 142 valence electrons. The number of allylic oxidation sites excluding steroid dienone is 3. The molecule has 2 aromatic rings. The zero-order valence-electron chi connectivity index (χ0n) is 15.9. The number of aliphatic imine (C=N–C) groups is 1. The van der Waals surface area contributed by atoms with Crippen molar-refractivity contribution in [3.63, 3.8) is 0 Å². The van der Waals surface area contributed by atoms with Gasteiger partial charge >= 0.3 is 0 Å². The van der Waals surface area contributed by atoms with E-state index in [9.17, 15) is 4.79 Å². The number of aromatic nitrogens is 2. The number of carbonyl (C=O) groups excluding carboxylic acids is 1. The molecular formula is C19H23ClN5O2+. The fraction of sp³-hybridized carbons (Fsp3) is 0.316. The lowest BCUT2D eigenvalue weighted by atomic mass is 10.0. The molecule has 27 heavy (non-hydrogen) atoms. The molecule has 8 heteroatoms. The Labute approximate surface area is 163 Å². The van der Waals surface area contributed by atoms with Crippen molar-refractivity contribution < 1.29 is 14.0 Å². The predicted molar refractivity (Wildman–Crippen MR) is 107 cm³/mol. The number of likely N-dealkylation sites (N-methyl/N-ethyl adjacent to an activating group) is 1. The molecule has 2 aromatic heterocycles. The van der Waals surface area contributed by atoms with Crippen LogP contribution in [0.5, 0.6) is 5.88 Å². The van der Waals surface area contributed by atoms with E-state index in [1.807, 2.05) is 24.4 Å². The molecule has 0 fully saturated rings. The fourth-order valence-corrected chi connectivity index (χ4v) is 2.80. The number of quaternary nitrogens is 1. The third-order valence-corrected chi connectivity index (χ3v) is 4.51. The van der Waals surface area contributed by atoms with Crippen molar-refractivity contribution in [2.45, 2.75) is 6.92 Å². The number of carbonyl (C=O) groups is 1. The van der Waals surface area contributed by atoms with Crippen molar-refractivity contribution in [2.24, 2.45) is 10.7 Å². The molecule has 0 spiro atoms. The molecule has 1 aliphatic rings. The molecule has 0 atom stereocenters. The molecule has 3 rings (SSSR count). The number of hydrogen-bond donors (Lipinski definition) is 1. The second kappa shape index (κ2) is 7.17. The Bertz CT molecular complexity index is 995. The summed E-state index contributed by atoms with van der Waals surface area (Å²) in [5.41, 5.74) is 8.41. The van der Waals surface area contributed by atoms with E-state index >= 15 is 0 Å². The summed E-state index contributed by atoms with van der Waals surface area (Å²) in [5, 5.41) is 4.46. The maximum atomic E-state index is 12.0. The van der Waals surface area contributed by atoms with Gasteiger partial charge in [0.15, 0.2) is 5.69 Å². The van der Waals surface area contributed by atoms with E-state index in [0.29, 0.717) is 29.5 Å². The van der Waals surface area contributed by atoms with E-state index in [4.69, 9.17) is 22.1 Å². The average Bonchev–Trinajstić information content (AvgIpc) is 2.94. The number of nitrogens with zero attached hydrogens (tertiary/aromatic N) is 4. The van der Waals surface area contributed by atoms with Gasteiger partial charge in [0.25, 0.3) is 5.88 Å². The Hall–Kier alpha value is -2.64. The number of ketones is 1. The minimum absolute atomic E-state index is 0.0160. The summed E-state index contributed by atoms with van der Waals surface area (Å²) in [6.45, 7) is 2.98. The van der Waals surface area contributed by atoms with Gasteiger partial charge in [0, 0.05) is 11.8 Å². The molecule has 0 saturated heterocycles. The Kier molecular flexibility index (Phi) is 5.08. The van der Waals surface area contributed by atoms with Crippen LogP contribution in [0.15, 0.2) is 51.8 Å². The van der Waals surface area contributed by atoms with Crippen LogP contribution in [-0.4, -0.2) is 59.9 Å². The molecule has 0 aliphatic heterocycles. The van der Waals surface area contributed by atoms with E-state index in [-0.39, 0.29) is 16.5 Å². The molecule has 0 amide bonds. The van der Waals surface area contributed by atoms with E-state index in [2.05, 4.69) is 31.2 Å². The molecule has 2 N–H and O–H groups in total. The van der Waals surface area contributed by atoms with Crippen LogP contribution >= 0.6 is 11.6 Å². The van der Waals surface area contributed by atoms with E-state index in [1.54, 1.807) is 17.5 Å². The monoisotopic (exact) mass is 388 g/mol. The van der Waals surface area contributed by atoms with Crippen molar-refractivity contribution in [1.29, 1.82) is 0 Å². The quantitative estimate of drug-likeness (QED) is 0.630. The van der Waals surface area contributed by atoms with Crippen LogP contribution in [-0.2, 0) is 4.79 Å². The van der Waals surface area contributed by atoms with Gasteiger partial charge in [-0.15, -0.1) is 5.10 Å². The summed E-state index contributed by atoms with van der Waals surface area (Å²) < 4.78 is 8.39. The highest BCUT2D eigenvalue weighted by Crippen LogP contribution is 2.33. The lowest BCUT2D eigenvalue weighted by Crippen LogP contribution is -2.38. The van der Waals surface area contributed by atoms with Gasteiger partial charge in [-0.05, 0) is 25.1 Å². The topological polar surface area (TPSA) is 82.0 Å². The highest BCUT2D eigenvalue weighted by atomic mass is 35.5. The SMILES string of the molecule is CC1=C/C(=N\c2c(OCC[N+](C)(C)C)nn3ccccc23)C(N)=C(Cl)C1=O. The molecular weight excluding hydrogens is 366 g/mol. The number of hydrogen-bond acceptors (Lipinski definition) is 5. The minimum atomic E-state index is -0.285. The molecule has 0 aromatic carbocycles. The summed E-state index contributed by atoms with van der Waals surface area (Å²) in [6.07, 6.45) is 3.45. The van der Waals surface area contributed by atoms with Gasteiger partial charge in [-0.3, -0.25) is 4.79 Å². The number of fused-ring (bicyclic) bond motifs is 1. The lowest BCUT2D eigenvalue weighted by molar-refractivity contribution is -0.870. The van der Waals surface area contributed by atoms with Crippen LogP contribution in [0.25, 0.3) is 5.52 Å². The second-order valence-corrected chi connectivity index (χ2v) is 7.81. The summed E-state index contributed by atoms with van der Waals surface area (Å²) >= 11 is 6.07. The molecule has 0 saturated carbocycles. The van der Waals surface area contributed by atoms with Gasteiger partial charge in [0.2, 0.25) is 5.78 Å². The Balaban J connectivity index is 2.05. The summed E-state index contributed by atoms with van der Waals surface area (Å²) in [7, 11) is 6.27. The van der Waals surface area contributed by atoms with Gasteiger partial charge in [-0.25, -0.2) is 9.51 Å². The summed E-state index contributed by atoms with van der Waals surface area (Å²) in [6, 6.07) is 5.67. The standard InChI is InChI=1S/C19H22ClN5O2/c1-12-11-13(16(21)15(20)18(12)26)22-17-14-7-5-6-8-24(14)23-19(17)27-10-9-25(2,3)4/h5-8,11H,9-10H2,1-4H3,(H-,21,26)/p+1/b22-13+. The molecule has 7 nitrogen and oxygen atoms in total. The molecule has 0 radical (unpaired) electrons. The smallest absolute Gasteiger partial charge is 0.260 e. The number of pyridine rings is 1. The number of rotatable bonds is 5. The summed E-state index contributed by atoms with van der Waals surface area (Å²) in [4.78, 5) is 16.6. The largest absolute Gasteiger partial charge is 0.469 e. The third kappa shape index (κ3) is 4.04. The fourth-order valence-electron chi connectivity index (χ4n) is 2.55. The molecule has 1 aliphatic carbocycles. The third-order valence-electron chi connectivity index (χ3n) is 4.14. The Morgan fingerprint density at radius 3 is 2.78 bits per heavy atom. The van der Waals surface area contributed by atoms with E-state index < -0.39 is 0 Å². The van der Waals surface area contributed by atoms with Crippen molar-refractivity contribution in [1.82, 2.24) is 9.61 Å². The van der Waals surface area contributed by atoms with Crippen molar-refractivity contribution in [3.05, 3.63) is 46.8 Å². The number of ether oxygens (including phenoxy) is 1. The zero-order chi connectivity index (χ0) is 19.8. The van der Waals surface area contributed by atoms with E-state index in [1.165, 1.54) is 0 Å². The van der Waals surface area contributed by atoms with Crippen LogP contribution in [0.4, 0.5) is 5.69 Å². The number of Topliss-reactive ketones (excluding diaryl/α,β-unsaturated/α-hetero) is 1. The number of halogens is 1. The first-order valence-electron chi connectivity index (χ1n) is 8.55. The molecule has 0 unspecified atom stereocenters. The molecule has 2 heterocycles.